The molecule has 8 heteroatoms. The van der Waals surface area contributed by atoms with Gasteiger partial charge in [-0.05, 0) is 18.2 Å². The molecule has 1 fully saturated rings. The first-order chi connectivity index (χ1) is 11.0. The van der Waals surface area contributed by atoms with Crippen LogP contribution in [0, 0.1) is 11.6 Å². The average Bonchev–Trinajstić information content (AvgIpc) is 2.95. The number of anilines is 1. The zero-order valence-electron chi connectivity index (χ0n) is 12.3. The summed E-state index contributed by atoms with van der Waals surface area (Å²) in [6, 6.07) is 3.24. The van der Waals surface area contributed by atoms with Gasteiger partial charge in [-0.15, -0.1) is 11.3 Å². The summed E-state index contributed by atoms with van der Waals surface area (Å²) in [7, 11) is 0. The summed E-state index contributed by atoms with van der Waals surface area (Å²) >= 11 is 1.46. The molecule has 2 heterocycles. The van der Waals surface area contributed by atoms with Crippen LogP contribution in [0.2, 0.25) is 0 Å². The van der Waals surface area contributed by atoms with Gasteiger partial charge in [-0.25, -0.2) is 13.8 Å². The van der Waals surface area contributed by atoms with Crippen LogP contribution in [-0.4, -0.2) is 46.9 Å². The van der Waals surface area contributed by atoms with Gasteiger partial charge in [0.15, 0.2) is 16.8 Å². The Morgan fingerprint density at radius 3 is 2.57 bits per heavy atom. The second-order valence-electron chi connectivity index (χ2n) is 5.36. The van der Waals surface area contributed by atoms with E-state index in [0.29, 0.717) is 31.3 Å². The highest BCUT2D eigenvalue weighted by Crippen LogP contribution is 2.18. The Labute approximate surface area is 136 Å². The zero-order chi connectivity index (χ0) is 16.4. The summed E-state index contributed by atoms with van der Waals surface area (Å²) in [6.45, 7) is 3.28. The van der Waals surface area contributed by atoms with Crippen LogP contribution in [0.25, 0.3) is 0 Å². The highest BCUT2D eigenvalue weighted by atomic mass is 32.1. The van der Waals surface area contributed by atoms with E-state index in [-0.39, 0.29) is 11.5 Å². The number of benzene rings is 1. The molecule has 1 aromatic carbocycles. The second-order valence-corrected chi connectivity index (χ2v) is 6.51. The van der Waals surface area contributed by atoms with Gasteiger partial charge in [0.25, 0.3) is 5.91 Å². The summed E-state index contributed by atoms with van der Waals surface area (Å²) in [4.78, 5) is 21.3. The minimum absolute atomic E-state index is 0.174. The van der Waals surface area contributed by atoms with E-state index in [4.69, 9.17) is 5.73 Å². The summed E-state index contributed by atoms with van der Waals surface area (Å²) in [6.07, 6.45) is 1.76. The van der Waals surface area contributed by atoms with Crippen molar-refractivity contribution in [3.05, 3.63) is 46.5 Å². The first kappa shape index (κ1) is 15.8. The molecule has 0 atom stereocenters. The van der Waals surface area contributed by atoms with Crippen LogP contribution in [0.3, 0.4) is 0 Å². The number of halogens is 2. The molecule has 122 valence electrons. The lowest BCUT2D eigenvalue weighted by Crippen LogP contribution is -2.48. The number of carbonyl (C=O) groups excluding carboxylic acids is 1. The van der Waals surface area contributed by atoms with Crippen LogP contribution < -0.4 is 5.73 Å². The first-order valence-electron chi connectivity index (χ1n) is 7.20. The molecule has 0 saturated carbocycles. The molecule has 0 radical (unpaired) electrons. The third kappa shape index (κ3) is 3.65. The molecule has 2 aromatic rings. The van der Waals surface area contributed by atoms with Crippen molar-refractivity contribution in [3.63, 3.8) is 0 Å². The van der Waals surface area contributed by atoms with Crippen molar-refractivity contribution in [2.75, 3.05) is 31.9 Å². The van der Waals surface area contributed by atoms with E-state index in [1.165, 1.54) is 17.4 Å². The van der Waals surface area contributed by atoms with E-state index in [9.17, 15) is 13.6 Å². The van der Waals surface area contributed by atoms with Gasteiger partial charge < -0.3 is 10.6 Å². The van der Waals surface area contributed by atoms with E-state index < -0.39 is 11.6 Å². The number of hydrogen-bond acceptors (Lipinski definition) is 5. The molecule has 0 spiro atoms. The van der Waals surface area contributed by atoms with Gasteiger partial charge in [-0.3, -0.25) is 9.69 Å². The topological polar surface area (TPSA) is 62.5 Å². The lowest BCUT2D eigenvalue weighted by atomic mass is 10.1. The standard InChI is InChI=1S/C15H16F2N4OS/c16-12-2-1-10(7-13(12)17)14(22)21-5-3-20(4-6-21)9-11-8-19-15(18)23-11/h1-2,7-8H,3-6,9H2,(H2,18,19). The Kier molecular flexibility index (Phi) is 4.53. The number of piperazine rings is 1. The SMILES string of the molecule is Nc1ncc(CN2CCN(C(=O)c3ccc(F)c(F)c3)CC2)s1. The highest BCUT2D eigenvalue weighted by molar-refractivity contribution is 7.15. The molecule has 0 bridgehead atoms. The number of rotatable bonds is 3. The van der Waals surface area contributed by atoms with Gasteiger partial charge in [0.2, 0.25) is 0 Å². The van der Waals surface area contributed by atoms with Crippen LogP contribution in [0.15, 0.2) is 24.4 Å². The monoisotopic (exact) mass is 338 g/mol. The number of carbonyl (C=O) groups is 1. The van der Waals surface area contributed by atoms with Gasteiger partial charge in [-0.1, -0.05) is 0 Å². The van der Waals surface area contributed by atoms with E-state index >= 15 is 0 Å². The molecule has 1 aliphatic heterocycles. The third-order valence-corrected chi connectivity index (χ3v) is 4.59. The Morgan fingerprint density at radius 2 is 1.96 bits per heavy atom. The molecule has 0 aliphatic carbocycles. The molecule has 23 heavy (non-hydrogen) atoms. The van der Waals surface area contributed by atoms with Gasteiger partial charge in [0.1, 0.15) is 0 Å². The summed E-state index contributed by atoms with van der Waals surface area (Å²) < 4.78 is 26.2. The number of nitrogen functional groups attached to an aromatic ring is 1. The van der Waals surface area contributed by atoms with Crippen LogP contribution in [0.4, 0.5) is 13.9 Å². The van der Waals surface area contributed by atoms with Crippen LogP contribution in [0.5, 0.6) is 0 Å². The van der Waals surface area contributed by atoms with Gasteiger partial charge >= 0.3 is 0 Å². The fraction of sp³-hybridized carbons (Fsp3) is 0.333. The molecule has 1 saturated heterocycles. The van der Waals surface area contributed by atoms with Gasteiger partial charge in [-0.2, -0.15) is 0 Å². The van der Waals surface area contributed by atoms with E-state index in [2.05, 4.69) is 9.88 Å². The van der Waals surface area contributed by atoms with Crippen LogP contribution in [-0.2, 0) is 6.54 Å². The highest BCUT2D eigenvalue weighted by Gasteiger charge is 2.23. The van der Waals surface area contributed by atoms with Crippen molar-refractivity contribution in [2.45, 2.75) is 6.54 Å². The number of thiazole rings is 1. The Morgan fingerprint density at radius 1 is 1.22 bits per heavy atom. The van der Waals surface area contributed by atoms with Gasteiger partial charge in [0.05, 0.1) is 0 Å². The molecule has 3 rings (SSSR count). The molecule has 0 unspecified atom stereocenters. The zero-order valence-corrected chi connectivity index (χ0v) is 13.2. The van der Waals surface area contributed by atoms with Crippen molar-refractivity contribution in [1.82, 2.24) is 14.8 Å². The fourth-order valence-electron chi connectivity index (χ4n) is 2.54. The molecular formula is C15H16F2N4OS. The number of aromatic nitrogens is 1. The Hall–Kier alpha value is -2.06. The number of nitrogens with zero attached hydrogens (tertiary/aromatic N) is 3. The minimum atomic E-state index is -1.00. The quantitative estimate of drug-likeness (QED) is 0.929. The Bertz CT molecular complexity index is 713. The van der Waals surface area contributed by atoms with Gasteiger partial charge in [0, 0.05) is 49.4 Å². The largest absolute Gasteiger partial charge is 0.375 e. The summed E-state index contributed by atoms with van der Waals surface area (Å²) in [5.74, 6) is -2.22. The van der Waals surface area contributed by atoms with Crippen molar-refractivity contribution in [2.24, 2.45) is 0 Å². The van der Waals surface area contributed by atoms with Crippen molar-refractivity contribution in [1.29, 1.82) is 0 Å². The van der Waals surface area contributed by atoms with Crippen molar-refractivity contribution >= 4 is 22.4 Å². The van der Waals surface area contributed by atoms with Crippen LogP contribution >= 0.6 is 11.3 Å². The molecular weight excluding hydrogens is 322 g/mol. The summed E-state index contributed by atoms with van der Waals surface area (Å²) in [5.41, 5.74) is 5.79. The second kappa shape index (κ2) is 6.59. The first-order valence-corrected chi connectivity index (χ1v) is 8.01. The predicted molar refractivity (Wildman–Crippen MR) is 84.1 cm³/mol. The normalized spacial score (nSPS) is 15.8. The average molecular weight is 338 g/mol. The number of hydrogen-bond donors (Lipinski definition) is 1. The molecule has 2 N–H and O–H groups in total. The lowest BCUT2D eigenvalue weighted by molar-refractivity contribution is 0.0629. The Balaban J connectivity index is 1.57. The summed E-state index contributed by atoms with van der Waals surface area (Å²) in [5, 5.41) is 0.548. The van der Waals surface area contributed by atoms with E-state index in [0.717, 1.165) is 23.6 Å². The smallest absolute Gasteiger partial charge is 0.254 e. The van der Waals surface area contributed by atoms with Crippen LogP contribution in [0.1, 0.15) is 15.2 Å². The maximum Gasteiger partial charge on any atom is 0.254 e. The molecule has 5 nitrogen and oxygen atoms in total. The third-order valence-electron chi connectivity index (χ3n) is 3.78. The van der Waals surface area contributed by atoms with Crippen molar-refractivity contribution < 1.29 is 13.6 Å². The minimum Gasteiger partial charge on any atom is -0.375 e. The van der Waals surface area contributed by atoms with Crippen molar-refractivity contribution in [3.8, 4) is 0 Å². The number of nitrogens with two attached hydrogens (primary N) is 1. The van der Waals surface area contributed by atoms with E-state index in [1.807, 2.05) is 0 Å². The molecule has 1 amide bonds. The molecule has 1 aliphatic rings. The lowest BCUT2D eigenvalue weighted by Gasteiger charge is -2.34. The number of amides is 1. The molecule has 1 aromatic heterocycles. The fourth-order valence-corrected chi connectivity index (χ4v) is 3.26. The maximum atomic E-state index is 13.2. The predicted octanol–water partition coefficient (Wildman–Crippen LogP) is 1.96. The maximum absolute atomic E-state index is 13.2. The van der Waals surface area contributed by atoms with E-state index in [1.54, 1.807) is 11.1 Å².